The lowest BCUT2D eigenvalue weighted by atomic mass is 10.1. The second-order valence-corrected chi connectivity index (χ2v) is 8.91. The summed E-state index contributed by atoms with van der Waals surface area (Å²) in [5, 5.41) is 4.66. The van der Waals surface area contributed by atoms with Crippen LogP contribution in [-0.2, 0) is 21.2 Å². The second kappa shape index (κ2) is 9.70. The average Bonchev–Trinajstić information content (AvgIpc) is 3.15. The number of hydrogen-bond donors (Lipinski definition) is 3. The van der Waals surface area contributed by atoms with Gasteiger partial charge in [0, 0.05) is 18.3 Å². The van der Waals surface area contributed by atoms with Gasteiger partial charge in [-0.15, -0.1) is 11.3 Å². The van der Waals surface area contributed by atoms with Crippen LogP contribution >= 0.6 is 11.3 Å². The number of anilines is 1. The molecule has 1 amide bonds. The van der Waals surface area contributed by atoms with Crippen LogP contribution in [0.5, 0.6) is 0 Å². The van der Waals surface area contributed by atoms with E-state index in [2.05, 4.69) is 17.0 Å². The van der Waals surface area contributed by atoms with Gasteiger partial charge in [0.2, 0.25) is 5.91 Å². The molecule has 142 valence electrons. The number of amides is 1. The zero-order valence-corrected chi connectivity index (χ0v) is 16.4. The summed E-state index contributed by atoms with van der Waals surface area (Å²) in [5.41, 5.74) is 6.97. The molecule has 8 heteroatoms. The van der Waals surface area contributed by atoms with Gasteiger partial charge in [-0.1, -0.05) is 38.0 Å². The normalized spacial score (nSPS) is 12.5. The van der Waals surface area contributed by atoms with E-state index in [1.165, 1.54) is 0 Å². The number of nitrogens with two attached hydrogens (primary N) is 1. The first kappa shape index (κ1) is 20.4. The van der Waals surface area contributed by atoms with Gasteiger partial charge in [0.15, 0.2) is 0 Å². The topological polar surface area (TPSA) is 101 Å². The van der Waals surface area contributed by atoms with Gasteiger partial charge in [-0.25, -0.2) is 8.42 Å². The first-order chi connectivity index (χ1) is 12.4. The Balaban J connectivity index is 1.92. The minimum Gasteiger partial charge on any atom is -0.352 e. The molecule has 1 aromatic carbocycles. The van der Waals surface area contributed by atoms with Crippen LogP contribution in [0.1, 0.15) is 31.7 Å². The minimum atomic E-state index is -3.56. The van der Waals surface area contributed by atoms with Crippen molar-refractivity contribution in [2.75, 3.05) is 11.3 Å². The van der Waals surface area contributed by atoms with E-state index in [-0.39, 0.29) is 22.6 Å². The molecular weight excluding hydrogens is 370 g/mol. The van der Waals surface area contributed by atoms with Crippen LogP contribution in [0, 0.1) is 0 Å². The van der Waals surface area contributed by atoms with Gasteiger partial charge in [0.05, 0.1) is 6.42 Å². The van der Waals surface area contributed by atoms with E-state index in [4.69, 9.17) is 5.73 Å². The monoisotopic (exact) mass is 395 g/mol. The fourth-order valence-electron chi connectivity index (χ4n) is 2.48. The van der Waals surface area contributed by atoms with E-state index in [9.17, 15) is 13.2 Å². The number of benzene rings is 1. The van der Waals surface area contributed by atoms with Crippen LogP contribution in [0.4, 0.5) is 5.69 Å². The third-order valence-electron chi connectivity index (χ3n) is 3.89. The Labute approximate surface area is 158 Å². The number of hydrogen-bond acceptors (Lipinski definition) is 5. The predicted octanol–water partition coefficient (Wildman–Crippen LogP) is 2.73. The number of carbonyl (C=O) groups is 1. The fourth-order valence-corrected chi connectivity index (χ4v) is 4.53. The van der Waals surface area contributed by atoms with Crippen molar-refractivity contribution in [3.63, 3.8) is 0 Å². The first-order valence-corrected chi connectivity index (χ1v) is 11.0. The molecule has 4 N–H and O–H groups in total. The van der Waals surface area contributed by atoms with E-state index in [0.717, 1.165) is 36.2 Å². The molecule has 0 saturated heterocycles. The summed E-state index contributed by atoms with van der Waals surface area (Å²) in [6, 6.07) is 10.1. The van der Waals surface area contributed by atoms with Crippen molar-refractivity contribution in [2.24, 2.45) is 5.73 Å². The zero-order chi connectivity index (χ0) is 19.0. The Morgan fingerprint density at radius 2 is 1.96 bits per heavy atom. The van der Waals surface area contributed by atoms with Crippen molar-refractivity contribution in [2.45, 2.75) is 42.9 Å². The van der Waals surface area contributed by atoms with Crippen molar-refractivity contribution < 1.29 is 13.2 Å². The number of unbranched alkanes of at least 4 members (excludes halogenated alkanes) is 1. The van der Waals surface area contributed by atoms with Crippen LogP contribution < -0.4 is 15.8 Å². The summed E-state index contributed by atoms with van der Waals surface area (Å²) in [6.45, 7) is 2.53. The predicted molar refractivity (Wildman–Crippen MR) is 106 cm³/mol. The maximum Gasteiger partial charge on any atom is 0.271 e. The molecule has 0 spiro atoms. The third kappa shape index (κ3) is 6.12. The molecule has 1 aromatic heterocycles. The molecule has 0 fully saturated rings. The number of rotatable bonds is 10. The Morgan fingerprint density at radius 1 is 1.23 bits per heavy atom. The number of thiophene rings is 1. The fraction of sp³-hybridized carbons (Fsp3) is 0.389. The van der Waals surface area contributed by atoms with Gasteiger partial charge in [-0.3, -0.25) is 9.52 Å². The van der Waals surface area contributed by atoms with Gasteiger partial charge in [0.1, 0.15) is 4.21 Å². The van der Waals surface area contributed by atoms with E-state index in [0.29, 0.717) is 12.2 Å². The quantitative estimate of drug-likeness (QED) is 0.576. The van der Waals surface area contributed by atoms with Crippen molar-refractivity contribution in [1.29, 1.82) is 0 Å². The highest BCUT2D eigenvalue weighted by Gasteiger charge is 2.15. The Hall–Kier alpha value is -1.90. The Bertz CT molecular complexity index is 788. The largest absolute Gasteiger partial charge is 0.352 e. The molecule has 1 unspecified atom stereocenters. The molecule has 2 aromatic rings. The van der Waals surface area contributed by atoms with Crippen molar-refractivity contribution in [3.8, 4) is 0 Å². The van der Waals surface area contributed by atoms with E-state index in [1.54, 1.807) is 41.8 Å². The Kier molecular flexibility index (Phi) is 7.62. The molecule has 1 atom stereocenters. The molecule has 26 heavy (non-hydrogen) atoms. The maximum absolute atomic E-state index is 12.2. The minimum absolute atomic E-state index is 0.000622. The van der Waals surface area contributed by atoms with Crippen LogP contribution in [-0.4, -0.2) is 26.9 Å². The smallest absolute Gasteiger partial charge is 0.271 e. The summed E-state index contributed by atoms with van der Waals surface area (Å²) in [4.78, 5) is 12.1. The lowest BCUT2D eigenvalue weighted by Gasteiger charge is -2.16. The van der Waals surface area contributed by atoms with Gasteiger partial charge in [0.25, 0.3) is 10.0 Å². The number of carbonyl (C=O) groups excluding carboxylic acids is 1. The molecular formula is C18H25N3O3S2. The van der Waals surface area contributed by atoms with Crippen LogP contribution in [0.25, 0.3) is 0 Å². The molecule has 2 rings (SSSR count). The number of nitrogens with one attached hydrogen (secondary N) is 2. The van der Waals surface area contributed by atoms with E-state index < -0.39 is 10.0 Å². The molecule has 0 aliphatic rings. The highest BCUT2D eigenvalue weighted by atomic mass is 32.2. The molecule has 0 aliphatic carbocycles. The van der Waals surface area contributed by atoms with Crippen LogP contribution in [0.15, 0.2) is 46.0 Å². The van der Waals surface area contributed by atoms with Crippen molar-refractivity contribution >= 4 is 33.0 Å². The van der Waals surface area contributed by atoms with Crippen molar-refractivity contribution in [1.82, 2.24) is 5.32 Å². The molecule has 0 bridgehead atoms. The summed E-state index contributed by atoms with van der Waals surface area (Å²) in [6.07, 6.45) is 3.21. The van der Waals surface area contributed by atoms with Gasteiger partial charge < -0.3 is 11.1 Å². The molecule has 1 heterocycles. The second-order valence-electron chi connectivity index (χ2n) is 6.05. The average molecular weight is 396 g/mol. The SMILES string of the molecule is CCCCC(CN)NC(=O)Cc1ccc(NS(=O)(=O)c2cccs2)cc1. The number of sulfonamides is 1. The zero-order valence-electron chi connectivity index (χ0n) is 14.8. The van der Waals surface area contributed by atoms with Crippen LogP contribution in [0.3, 0.4) is 0 Å². The highest BCUT2D eigenvalue weighted by Crippen LogP contribution is 2.20. The van der Waals surface area contributed by atoms with E-state index in [1.807, 2.05) is 0 Å². The van der Waals surface area contributed by atoms with Gasteiger partial charge in [-0.2, -0.15) is 0 Å². The first-order valence-electron chi connectivity index (χ1n) is 8.59. The Morgan fingerprint density at radius 3 is 2.54 bits per heavy atom. The molecule has 0 radical (unpaired) electrons. The lowest BCUT2D eigenvalue weighted by Crippen LogP contribution is -2.40. The van der Waals surface area contributed by atoms with Crippen LogP contribution in [0.2, 0.25) is 0 Å². The van der Waals surface area contributed by atoms with Gasteiger partial charge in [-0.05, 0) is 35.6 Å². The lowest BCUT2D eigenvalue weighted by molar-refractivity contribution is -0.121. The summed E-state index contributed by atoms with van der Waals surface area (Å²) in [5.74, 6) is -0.0801. The van der Waals surface area contributed by atoms with Gasteiger partial charge >= 0.3 is 0 Å². The summed E-state index contributed by atoms with van der Waals surface area (Å²) < 4.78 is 27.2. The summed E-state index contributed by atoms with van der Waals surface area (Å²) >= 11 is 1.16. The molecule has 6 nitrogen and oxygen atoms in total. The summed E-state index contributed by atoms with van der Waals surface area (Å²) in [7, 11) is -3.56. The maximum atomic E-state index is 12.2. The molecule has 0 aliphatic heterocycles. The third-order valence-corrected chi connectivity index (χ3v) is 6.67. The van der Waals surface area contributed by atoms with E-state index >= 15 is 0 Å². The van der Waals surface area contributed by atoms with Crippen molar-refractivity contribution in [3.05, 3.63) is 47.3 Å². The molecule has 0 saturated carbocycles. The highest BCUT2D eigenvalue weighted by molar-refractivity contribution is 7.94. The standard InChI is InChI=1S/C18H25N3O3S2/c1-2-3-5-16(13-19)20-17(22)12-14-7-9-15(10-8-14)21-26(23,24)18-6-4-11-25-18/h4,6-11,16,21H,2-3,5,12-13,19H2,1H3,(H,20,22).